The number of ether oxygens (including phenoxy) is 1. The number of benzene rings is 1. The quantitative estimate of drug-likeness (QED) is 0.704. The van der Waals surface area contributed by atoms with Crippen molar-refractivity contribution in [3.8, 4) is 0 Å². The zero-order valence-electron chi connectivity index (χ0n) is 14.9. The van der Waals surface area contributed by atoms with Gasteiger partial charge in [-0.25, -0.2) is 0 Å². The molecule has 0 saturated heterocycles. The van der Waals surface area contributed by atoms with Crippen LogP contribution in [0.3, 0.4) is 0 Å². The molecule has 0 bridgehead atoms. The van der Waals surface area contributed by atoms with Crippen molar-refractivity contribution in [2.75, 3.05) is 26.7 Å². The number of aryl methyl sites for hydroxylation is 1. The Morgan fingerprint density at radius 1 is 1.28 bits per heavy atom. The molecule has 2 rings (SSSR count). The number of carbonyl (C=O) groups is 1. The molecule has 0 radical (unpaired) electrons. The molecule has 7 nitrogen and oxygen atoms in total. The van der Waals surface area contributed by atoms with Crippen molar-refractivity contribution in [3.05, 3.63) is 47.6 Å². The Morgan fingerprint density at radius 2 is 2.04 bits per heavy atom. The van der Waals surface area contributed by atoms with Gasteiger partial charge in [0.1, 0.15) is 6.10 Å². The number of amides is 1. The molecular formula is C18H26N4O3. The highest BCUT2D eigenvalue weighted by molar-refractivity contribution is 5.76. The van der Waals surface area contributed by atoms with Gasteiger partial charge in [-0.1, -0.05) is 35.5 Å². The maximum atomic E-state index is 12.5. The van der Waals surface area contributed by atoms with Gasteiger partial charge in [0.2, 0.25) is 11.8 Å². The largest absolute Gasteiger partial charge is 0.374 e. The molecule has 7 heteroatoms. The van der Waals surface area contributed by atoms with E-state index in [0.717, 1.165) is 6.42 Å². The van der Waals surface area contributed by atoms with Crippen molar-refractivity contribution < 1.29 is 14.1 Å². The summed E-state index contributed by atoms with van der Waals surface area (Å²) in [7, 11) is 1.58. The van der Waals surface area contributed by atoms with Gasteiger partial charge in [-0.15, -0.1) is 0 Å². The summed E-state index contributed by atoms with van der Waals surface area (Å²) in [6.07, 6.45) is 1.31. The van der Waals surface area contributed by atoms with Crippen LogP contribution in [0.1, 0.15) is 36.7 Å². The van der Waals surface area contributed by atoms with Crippen molar-refractivity contribution in [3.63, 3.8) is 0 Å². The fourth-order valence-electron chi connectivity index (χ4n) is 2.44. The number of methoxy groups -OCH3 is 1. The first-order chi connectivity index (χ1) is 12.1. The first-order valence-electron chi connectivity index (χ1n) is 8.51. The minimum atomic E-state index is -0.229. The van der Waals surface area contributed by atoms with Crippen LogP contribution in [0, 0.1) is 0 Å². The summed E-state index contributed by atoms with van der Waals surface area (Å²) in [5.41, 5.74) is 6.85. The number of nitrogens with zero attached hydrogens (tertiary/aromatic N) is 3. The highest BCUT2D eigenvalue weighted by Crippen LogP contribution is 2.12. The molecule has 1 heterocycles. The standard InChI is InChI=1S/C18H26N4O3/c1-14(24-2)18-20-16(25-21-18)8-9-17(23)22(13-11-19)12-10-15-6-4-3-5-7-15/h3-7,14H,8-13,19H2,1-2H3. The monoisotopic (exact) mass is 346 g/mol. The van der Waals surface area contributed by atoms with Gasteiger partial charge in [0.25, 0.3) is 0 Å². The molecule has 0 saturated carbocycles. The molecule has 0 aliphatic rings. The van der Waals surface area contributed by atoms with Crippen LogP contribution in [-0.4, -0.2) is 47.7 Å². The van der Waals surface area contributed by atoms with E-state index in [-0.39, 0.29) is 12.0 Å². The summed E-state index contributed by atoms with van der Waals surface area (Å²) in [6, 6.07) is 10.1. The van der Waals surface area contributed by atoms with Crippen LogP contribution in [0.25, 0.3) is 0 Å². The van der Waals surface area contributed by atoms with E-state index in [1.807, 2.05) is 25.1 Å². The SMILES string of the molecule is COC(C)c1noc(CCC(=O)N(CCN)CCc2ccccc2)n1. The summed E-state index contributed by atoms with van der Waals surface area (Å²) >= 11 is 0. The zero-order valence-corrected chi connectivity index (χ0v) is 14.9. The fourth-order valence-corrected chi connectivity index (χ4v) is 2.44. The first-order valence-corrected chi connectivity index (χ1v) is 8.51. The third-order valence-electron chi connectivity index (χ3n) is 4.02. The Bertz CT molecular complexity index is 645. The van der Waals surface area contributed by atoms with Crippen LogP contribution in [0.4, 0.5) is 0 Å². The number of rotatable bonds is 10. The molecule has 0 spiro atoms. The van der Waals surface area contributed by atoms with E-state index in [2.05, 4.69) is 22.3 Å². The Balaban J connectivity index is 1.85. The van der Waals surface area contributed by atoms with Crippen LogP contribution >= 0.6 is 0 Å². The van der Waals surface area contributed by atoms with E-state index < -0.39 is 0 Å². The zero-order chi connectivity index (χ0) is 18.1. The van der Waals surface area contributed by atoms with Crippen LogP contribution in [-0.2, 0) is 22.4 Å². The molecule has 0 aliphatic heterocycles. The van der Waals surface area contributed by atoms with E-state index in [4.69, 9.17) is 15.0 Å². The Morgan fingerprint density at radius 3 is 2.72 bits per heavy atom. The van der Waals surface area contributed by atoms with Gasteiger partial charge in [0.15, 0.2) is 5.82 Å². The second-order valence-electron chi connectivity index (χ2n) is 5.83. The molecule has 1 amide bonds. The molecule has 0 aliphatic carbocycles. The predicted octanol–water partition coefficient (Wildman–Crippen LogP) is 1.74. The number of aromatic nitrogens is 2. The van der Waals surface area contributed by atoms with E-state index in [0.29, 0.717) is 44.2 Å². The fraction of sp³-hybridized carbons (Fsp3) is 0.500. The molecule has 0 fully saturated rings. The van der Waals surface area contributed by atoms with Crippen molar-refractivity contribution in [2.24, 2.45) is 5.73 Å². The van der Waals surface area contributed by atoms with Crippen molar-refractivity contribution in [2.45, 2.75) is 32.3 Å². The normalized spacial score (nSPS) is 12.1. The molecular weight excluding hydrogens is 320 g/mol. The number of carbonyl (C=O) groups excluding carboxylic acids is 1. The molecule has 25 heavy (non-hydrogen) atoms. The molecule has 2 N–H and O–H groups in total. The van der Waals surface area contributed by atoms with E-state index in [1.54, 1.807) is 12.0 Å². The predicted molar refractivity (Wildman–Crippen MR) is 93.8 cm³/mol. The van der Waals surface area contributed by atoms with Gasteiger partial charge in [0, 0.05) is 39.6 Å². The van der Waals surface area contributed by atoms with Gasteiger partial charge < -0.3 is 19.9 Å². The molecule has 1 aromatic carbocycles. The van der Waals surface area contributed by atoms with Crippen LogP contribution in [0.15, 0.2) is 34.9 Å². The van der Waals surface area contributed by atoms with E-state index in [9.17, 15) is 4.79 Å². The third-order valence-corrected chi connectivity index (χ3v) is 4.02. The average molecular weight is 346 g/mol. The average Bonchev–Trinajstić information content (AvgIpc) is 3.12. The summed E-state index contributed by atoms with van der Waals surface area (Å²) in [6.45, 7) is 3.47. The Kier molecular flexibility index (Phi) is 7.56. The van der Waals surface area contributed by atoms with Gasteiger partial charge in [0.05, 0.1) is 0 Å². The van der Waals surface area contributed by atoms with E-state index >= 15 is 0 Å². The smallest absolute Gasteiger partial charge is 0.227 e. The minimum absolute atomic E-state index is 0.0425. The topological polar surface area (TPSA) is 94.5 Å². The molecule has 136 valence electrons. The second kappa shape index (κ2) is 9.90. The maximum absolute atomic E-state index is 12.5. The maximum Gasteiger partial charge on any atom is 0.227 e. The van der Waals surface area contributed by atoms with Crippen LogP contribution < -0.4 is 5.73 Å². The third kappa shape index (κ3) is 5.95. The highest BCUT2D eigenvalue weighted by atomic mass is 16.5. The van der Waals surface area contributed by atoms with Crippen molar-refractivity contribution in [1.29, 1.82) is 0 Å². The lowest BCUT2D eigenvalue weighted by molar-refractivity contribution is -0.131. The minimum Gasteiger partial charge on any atom is -0.374 e. The number of hydrogen-bond acceptors (Lipinski definition) is 6. The summed E-state index contributed by atoms with van der Waals surface area (Å²) in [5.74, 6) is 0.983. The number of hydrogen-bond donors (Lipinski definition) is 1. The molecule has 2 aromatic rings. The van der Waals surface area contributed by atoms with Crippen LogP contribution in [0.2, 0.25) is 0 Å². The molecule has 1 atom stereocenters. The Labute approximate surface area is 148 Å². The summed E-state index contributed by atoms with van der Waals surface area (Å²) < 4.78 is 10.3. The van der Waals surface area contributed by atoms with Crippen molar-refractivity contribution >= 4 is 5.91 Å². The van der Waals surface area contributed by atoms with Crippen LogP contribution in [0.5, 0.6) is 0 Å². The lowest BCUT2D eigenvalue weighted by Gasteiger charge is -2.22. The second-order valence-corrected chi connectivity index (χ2v) is 5.83. The van der Waals surface area contributed by atoms with Gasteiger partial charge in [-0.2, -0.15) is 4.98 Å². The lowest BCUT2D eigenvalue weighted by atomic mass is 10.1. The summed E-state index contributed by atoms with van der Waals surface area (Å²) in [4.78, 5) is 18.5. The van der Waals surface area contributed by atoms with E-state index in [1.165, 1.54) is 5.56 Å². The molecule has 1 aromatic heterocycles. The lowest BCUT2D eigenvalue weighted by Crippen LogP contribution is -2.37. The van der Waals surface area contributed by atoms with Crippen molar-refractivity contribution in [1.82, 2.24) is 15.0 Å². The highest BCUT2D eigenvalue weighted by Gasteiger charge is 2.17. The van der Waals surface area contributed by atoms with Gasteiger partial charge >= 0.3 is 0 Å². The summed E-state index contributed by atoms with van der Waals surface area (Å²) in [5, 5.41) is 3.87. The number of nitrogens with two attached hydrogens (primary N) is 1. The van der Waals surface area contributed by atoms with Gasteiger partial charge in [-0.3, -0.25) is 4.79 Å². The molecule has 1 unspecified atom stereocenters. The first kappa shape index (κ1) is 19.1. The Hall–Kier alpha value is -2.25. The van der Waals surface area contributed by atoms with Gasteiger partial charge in [-0.05, 0) is 18.9 Å².